The summed E-state index contributed by atoms with van der Waals surface area (Å²) in [5.74, 6) is 0.955. The van der Waals surface area contributed by atoms with Gasteiger partial charge >= 0.3 is 0 Å². The first-order chi connectivity index (χ1) is 9.95. The molecule has 0 aliphatic carbocycles. The van der Waals surface area contributed by atoms with Crippen LogP contribution >= 0.6 is 11.8 Å². The second-order valence-electron chi connectivity index (χ2n) is 5.97. The highest BCUT2D eigenvalue weighted by Crippen LogP contribution is 2.22. The van der Waals surface area contributed by atoms with Crippen molar-refractivity contribution >= 4 is 11.8 Å². The molecule has 1 unspecified atom stereocenters. The average Bonchev–Trinajstić information content (AvgIpc) is 2.40. The van der Waals surface area contributed by atoms with Gasteiger partial charge in [-0.2, -0.15) is 0 Å². The molecule has 0 radical (unpaired) electrons. The zero-order valence-electron chi connectivity index (χ0n) is 13.4. The fraction of sp³-hybridized carbons (Fsp3) is 0.368. The van der Waals surface area contributed by atoms with E-state index < -0.39 is 0 Å². The van der Waals surface area contributed by atoms with E-state index in [1.807, 2.05) is 11.8 Å². The van der Waals surface area contributed by atoms with Crippen LogP contribution in [0, 0.1) is 27.7 Å². The van der Waals surface area contributed by atoms with Crippen LogP contribution in [0.15, 0.2) is 41.3 Å². The third kappa shape index (κ3) is 4.62. The lowest BCUT2D eigenvalue weighted by molar-refractivity contribution is 0.741. The largest absolute Gasteiger partial charge is 0.327 e. The minimum absolute atomic E-state index is 0.190. The van der Waals surface area contributed by atoms with E-state index in [-0.39, 0.29) is 6.04 Å². The van der Waals surface area contributed by atoms with Gasteiger partial charge in [-0.25, -0.2) is 0 Å². The summed E-state index contributed by atoms with van der Waals surface area (Å²) in [6, 6.07) is 13.3. The van der Waals surface area contributed by atoms with Crippen molar-refractivity contribution < 1.29 is 0 Å². The Kier molecular flexibility index (Phi) is 5.49. The van der Waals surface area contributed by atoms with Gasteiger partial charge in [0.1, 0.15) is 0 Å². The quantitative estimate of drug-likeness (QED) is 0.818. The zero-order chi connectivity index (χ0) is 15.4. The van der Waals surface area contributed by atoms with E-state index in [0.717, 1.165) is 12.2 Å². The molecule has 0 bridgehead atoms. The van der Waals surface area contributed by atoms with Gasteiger partial charge in [0.25, 0.3) is 0 Å². The summed E-state index contributed by atoms with van der Waals surface area (Å²) in [4.78, 5) is 1.31. The molecule has 0 aromatic heterocycles. The molecule has 2 aromatic carbocycles. The molecule has 0 heterocycles. The van der Waals surface area contributed by atoms with E-state index in [1.54, 1.807) is 0 Å². The van der Waals surface area contributed by atoms with Crippen molar-refractivity contribution in [1.82, 2.24) is 0 Å². The molecule has 2 rings (SSSR count). The van der Waals surface area contributed by atoms with E-state index in [9.17, 15) is 0 Å². The van der Waals surface area contributed by atoms with Gasteiger partial charge < -0.3 is 5.73 Å². The molecular weight excluding hydrogens is 274 g/mol. The van der Waals surface area contributed by atoms with Crippen LogP contribution in [0.25, 0.3) is 0 Å². The first-order valence-corrected chi connectivity index (χ1v) is 8.46. The summed E-state index contributed by atoms with van der Waals surface area (Å²) >= 11 is 1.85. The molecule has 2 aromatic rings. The number of thioether (sulfide) groups is 1. The molecule has 0 spiro atoms. The second kappa shape index (κ2) is 7.15. The molecule has 1 nitrogen and oxygen atoms in total. The Morgan fingerprint density at radius 1 is 0.952 bits per heavy atom. The molecule has 0 amide bonds. The molecule has 112 valence electrons. The minimum atomic E-state index is 0.190. The van der Waals surface area contributed by atoms with Crippen LogP contribution in [-0.2, 0) is 6.42 Å². The fourth-order valence-corrected chi connectivity index (χ4v) is 3.73. The van der Waals surface area contributed by atoms with Crippen LogP contribution in [0.2, 0.25) is 0 Å². The first-order valence-electron chi connectivity index (χ1n) is 7.47. The Bertz CT molecular complexity index is 596. The fourth-order valence-electron chi connectivity index (χ4n) is 2.76. The molecule has 0 saturated carbocycles. The Balaban J connectivity index is 1.97. The first kappa shape index (κ1) is 16.1. The summed E-state index contributed by atoms with van der Waals surface area (Å²) in [6.45, 7) is 8.66. The van der Waals surface area contributed by atoms with Crippen molar-refractivity contribution in [2.45, 2.75) is 45.1 Å². The summed E-state index contributed by atoms with van der Waals surface area (Å²) in [7, 11) is 0. The van der Waals surface area contributed by atoms with Crippen molar-refractivity contribution in [2.75, 3.05) is 5.75 Å². The Labute approximate surface area is 133 Å². The molecule has 0 fully saturated rings. The molecule has 0 aliphatic rings. The van der Waals surface area contributed by atoms with Gasteiger partial charge in [-0.15, -0.1) is 11.8 Å². The number of benzene rings is 2. The van der Waals surface area contributed by atoms with Gasteiger partial charge in [-0.3, -0.25) is 0 Å². The van der Waals surface area contributed by atoms with Gasteiger partial charge in [0.05, 0.1) is 0 Å². The molecule has 0 saturated heterocycles. The van der Waals surface area contributed by atoms with Crippen molar-refractivity contribution in [2.24, 2.45) is 5.73 Å². The number of rotatable bonds is 5. The summed E-state index contributed by atoms with van der Waals surface area (Å²) in [5.41, 5.74) is 13.1. The molecule has 1 atom stereocenters. The smallest absolute Gasteiger partial charge is 0.0174 e. The summed E-state index contributed by atoms with van der Waals surface area (Å²) < 4.78 is 0. The maximum atomic E-state index is 6.35. The second-order valence-corrected chi connectivity index (χ2v) is 7.06. The highest BCUT2D eigenvalue weighted by atomic mass is 32.2. The standard InChI is InChI=1S/C19H25NS/c1-13-6-5-7-18(10-13)21-12-17(20)11-19-15(3)8-14(2)9-16(19)4/h5-10,17H,11-12,20H2,1-4H3. The number of aryl methyl sites for hydroxylation is 4. The Hall–Kier alpha value is -1.25. The molecule has 2 heteroatoms. The highest BCUT2D eigenvalue weighted by molar-refractivity contribution is 7.99. The summed E-state index contributed by atoms with van der Waals surface area (Å²) in [5, 5.41) is 0. The van der Waals surface area contributed by atoms with Crippen LogP contribution in [0.1, 0.15) is 27.8 Å². The van der Waals surface area contributed by atoms with E-state index in [0.29, 0.717) is 0 Å². The van der Waals surface area contributed by atoms with E-state index in [1.165, 1.54) is 32.7 Å². The number of nitrogens with two attached hydrogens (primary N) is 1. The topological polar surface area (TPSA) is 26.0 Å². The highest BCUT2D eigenvalue weighted by Gasteiger charge is 2.10. The molecular formula is C19H25NS. The SMILES string of the molecule is Cc1cccc(SCC(N)Cc2c(C)cc(C)cc2C)c1. The maximum absolute atomic E-state index is 6.35. The van der Waals surface area contributed by atoms with E-state index in [4.69, 9.17) is 5.73 Å². The predicted octanol–water partition coefficient (Wildman–Crippen LogP) is 4.58. The molecule has 0 aliphatic heterocycles. The lowest BCUT2D eigenvalue weighted by Gasteiger charge is -2.16. The number of hydrogen-bond acceptors (Lipinski definition) is 2. The lowest BCUT2D eigenvalue weighted by Crippen LogP contribution is -2.26. The number of hydrogen-bond donors (Lipinski definition) is 1. The monoisotopic (exact) mass is 299 g/mol. The van der Waals surface area contributed by atoms with Crippen molar-refractivity contribution in [1.29, 1.82) is 0 Å². The van der Waals surface area contributed by atoms with Gasteiger partial charge in [0, 0.05) is 16.7 Å². The van der Waals surface area contributed by atoms with Crippen molar-refractivity contribution in [3.63, 3.8) is 0 Å². The third-order valence-corrected chi connectivity index (χ3v) is 4.94. The maximum Gasteiger partial charge on any atom is 0.0174 e. The normalized spacial score (nSPS) is 12.4. The van der Waals surface area contributed by atoms with Crippen LogP contribution < -0.4 is 5.73 Å². The average molecular weight is 299 g/mol. The predicted molar refractivity (Wildman–Crippen MR) is 94.2 cm³/mol. The Morgan fingerprint density at radius 3 is 2.24 bits per heavy atom. The van der Waals surface area contributed by atoms with Gasteiger partial charge in [-0.1, -0.05) is 35.4 Å². The van der Waals surface area contributed by atoms with Gasteiger partial charge in [0.2, 0.25) is 0 Å². The summed E-state index contributed by atoms with van der Waals surface area (Å²) in [6.07, 6.45) is 0.955. The minimum Gasteiger partial charge on any atom is -0.327 e. The van der Waals surface area contributed by atoms with E-state index >= 15 is 0 Å². The third-order valence-electron chi connectivity index (χ3n) is 3.76. The van der Waals surface area contributed by atoms with Gasteiger partial charge in [-0.05, 0) is 62.9 Å². The van der Waals surface area contributed by atoms with Crippen LogP contribution in [0.5, 0.6) is 0 Å². The van der Waals surface area contributed by atoms with Gasteiger partial charge in [0.15, 0.2) is 0 Å². The van der Waals surface area contributed by atoms with Crippen LogP contribution in [0.4, 0.5) is 0 Å². The molecule has 21 heavy (non-hydrogen) atoms. The zero-order valence-corrected chi connectivity index (χ0v) is 14.3. The van der Waals surface area contributed by atoms with Crippen molar-refractivity contribution in [3.8, 4) is 0 Å². The molecule has 2 N–H and O–H groups in total. The lowest BCUT2D eigenvalue weighted by atomic mass is 9.95. The van der Waals surface area contributed by atoms with Crippen LogP contribution in [-0.4, -0.2) is 11.8 Å². The van der Waals surface area contributed by atoms with E-state index in [2.05, 4.69) is 64.1 Å². The van der Waals surface area contributed by atoms with Crippen LogP contribution in [0.3, 0.4) is 0 Å². The Morgan fingerprint density at radius 2 is 1.62 bits per heavy atom. The van der Waals surface area contributed by atoms with Crippen molar-refractivity contribution in [3.05, 3.63) is 64.2 Å².